The van der Waals surface area contributed by atoms with Gasteiger partial charge in [-0.1, -0.05) is 45.4 Å². The molecule has 0 aliphatic rings. The summed E-state index contributed by atoms with van der Waals surface area (Å²) in [5.74, 6) is 0.949. The first-order valence-corrected chi connectivity index (χ1v) is 10.4. The second-order valence-electron chi connectivity index (χ2n) is 8.01. The average molecular weight is 391 g/mol. The molecule has 0 heterocycles. The molecule has 5 heteroatoms. The van der Waals surface area contributed by atoms with Gasteiger partial charge in [0.2, 0.25) is 5.91 Å². The van der Waals surface area contributed by atoms with Crippen molar-refractivity contribution >= 4 is 11.7 Å². The van der Waals surface area contributed by atoms with Gasteiger partial charge in [-0.2, -0.15) is 0 Å². The highest BCUT2D eigenvalue weighted by Gasteiger charge is 2.29. The number of carbonyl (C=O) groups is 2. The van der Waals surface area contributed by atoms with Crippen LogP contribution < -0.4 is 10.1 Å². The smallest absolute Gasteiger partial charge is 0.240 e. The number of rotatable bonds is 12. The number of amides is 1. The monoisotopic (exact) mass is 390 g/mol. The number of aryl methyl sites for hydroxylation is 1. The molecule has 0 radical (unpaired) electrons. The van der Waals surface area contributed by atoms with Gasteiger partial charge < -0.3 is 15.0 Å². The van der Waals surface area contributed by atoms with E-state index < -0.39 is 6.04 Å². The van der Waals surface area contributed by atoms with Crippen LogP contribution in [-0.4, -0.2) is 48.4 Å². The molecule has 0 aliphatic heterocycles. The molecule has 0 spiro atoms. The predicted molar refractivity (Wildman–Crippen MR) is 115 cm³/mol. The molecule has 28 heavy (non-hydrogen) atoms. The van der Waals surface area contributed by atoms with Crippen LogP contribution in [0.2, 0.25) is 0 Å². The number of nitrogens with one attached hydrogen (secondary N) is 1. The first-order chi connectivity index (χ1) is 13.2. The van der Waals surface area contributed by atoms with Gasteiger partial charge in [-0.05, 0) is 51.2 Å². The number of likely N-dealkylation sites (N-methyl/N-ethyl adjacent to an activating group) is 1. The van der Waals surface area contributed by atoms with Gasteiger partial charge in [0, 0.05) is 13.6 Å². The molecule has 1 aromatic rings. The summed E-state index contributed by atoms with van der Waals surface area (Å²) in [6, 6.07) is 7.38. The highest BCUT2D eigenvalue weighted by Crippen LogP contribution is 2.21. The molecule has 5 nitrogen and oxygen atoms in total. The summed E-state index contributed by atoms with van der Waals surface area (Å²) in [7, 11) is 1.69. The van der Waals surface area contributed by atoms with Gasteiger partial charge in [0.1, 0.15) is 11.9 Å². The largest absolute Gasteiger partial charge is 0.489 e. The van der Waals surface area contributed by atoms with Crippen molar-refractivity contribution in [3.05, 3.63) is 29.8 Å². The molecule has 158 valence electrons. The number of unbranched alkanes of at least 4 members (excludes halogenated alkanes) is 1. The zero-order chi connectivity index (χ0) is 21.3. The minimum absolute atomic E-state index is 0.0151. The van der Waals surface area contributed by atoms with Crippen LogP contribution in [0.4, 0.5) is 0 Å². The van der Waals surface area contributed by atoms with Crippen molar-refractivity contribution < 1.29 is 14.3 Å². The summed E-state index contributed by atoms with van der Waals surface area (Å²) < 4.78 is 6.16. The Bertz CT molecular complexity index is 630. The van der Waals surface area contributed by atoms with E-state index in [2.05, 4.69) is 18.3 Å². The van der Waals surface area contributed by atoms with E-state index in [0.29, 0.717) is 6.54 Å². The Morgan fingerprint density at radius 3 is 2.36 bits per heavy atom. The minimum Gasteiger partial charge on any atom is -0.489 e. The van der Waals surface area contributed by atoms with Gasteiger partial charge in [0.15, 0.2) is 5.78 Å². The SMILES string of the molecule is CCCCc1ccccc1O[C@H](C)CN[C@H](C(=O)N(C)[C@H](C)C(C)=O)C(C)C. The van der Waals surface area contributed by atoms with Gasteiger partial charge >= 0.3 is 0 Å². The summed E-state index contributed by atoms with van der Waals surface area (Å²) in [6.07, 6.45) is 3.22. The minimum atomic E-state index is -0.422. The molecule has 0 unspecified atom stereocenters. The number of hydrogen-bond acceptors (Lipinski definition) is 4. The second kappa shape index (κ2) is 11.8. The maximum absolute atomic E-state index is 12.8. The first-order valence-electron chi connectivity index (χ1n) is 10.4. The lowest BCUT2D eigenvalue weighted by molar-refractivity contribution is -0.139. The average Bonchev–Trinajstić information content (AvgIpc) is 2.65. The number of para-hydroxylation sites is 1. The van der Waals surface area contributed by atoms with Crippen molar-refractivity contribution in [3.63, 3.8) is 0 Å². The molecule has 1 amide bonds. The number of hydrogen-bond donors (Lipinski definition) is 1. The number of ether oxygens (including phenoxy) is 1. The van der Waals surface area contributed by atoms with E-state index in [1.165, 1.54) is 17.4 Å². The summed E-state index contributed by atoms with van der Waals surface area (Å²) in [5, 5.41) is 3.35. The zero-order valence-electron chi connectivity index (χ0n) is 18.6. The Kier molecular flexibility index (Phi) is 10.2. The van der Waals surface area contributed by atoms with Crippen molar-refractivity contribution in [2.24, 2.45) is 5.92 Å². The summed E-state index contributed by atoms with van der Waals surface area (Å²) in [6.45, 7) is 12.0. The zero-order valence-corrected chi connectivity index (χ0v) is 18.6. The van der Waals surface area contributed by atoms with E-state index in [9.17, 15) is 9.59 Å². The molecule has 0 aliphatic carbocycles. The molecule has 1 rings (SSSR count). The molecule has 0 aromatic heterocycles. The van der Waals surface area contributed by atoms with Gasteiger partial charge in [-0.3, -0.25) is 9.59 Å². The van der Waals surface area contributed by atoms with Crippen LogP contribution in [0.15, 0.2) is 24.3 Å². The summed E-state index contributed by atoms with van der Waals surface area (Å²) >= 11 is 0. The number of nitrogens with zero attached hydrogens (tertiary/aromatic N) is 1. The third-order valence-electron chi connectivity index (χ3n) is 5.18. The molecule has 1 N–H and O–H groups in total. The fourth-order valence-electron chi connectivity index (χ4n) is 3.04. The Hall–Kier alpha value is -1.88. The fraction of sp³-hybridized carbons (Fsp3) is 0.652. The topological polar surface area (TPSA) is 58.6 Å². The molecule has 0 saturated heterocycles. The number of carbonyl (C=O) groups excluding carboxylic acids is 2. The second-order valence-corrected chi connectivity index (χ2v) is 8.01. The van der Waals surface area contributed by atoms with Crippen molar-refractivity contribution in [2.45, 2.75) is 79.0 Å². The van der Waals surface area contributed by atoms with E-state index >= 15 is 0 Å². The van der Waals surface area contributed by atoms with Crippen molar-refractivity contribution in [1.29, 1.82) is 0 Å². The highest BCUT2D eigenvalue weighted by atomic mass is 16.5. The van der Waals surface area contributed by atoms with E-state index in [0.717, 1.165) is 25.0 Å². The number of ketones is 1. The maximum atomic E-state index is 12.8. The van der Waals surface area contributed by atoms with Crippen molar-refractivity contribution in [3.8, 4) is 5.75 Å². The van der Waals surface area contributed by atoms with Gasteiger partial charge in [0.05, 0.1) is 12.1 Å². The van der Waals surface area contributed by atoms with Crippen molar-refractivity contribution in [2.75, 3.05) is 13.6 Å². The third-order valence-corrected chi connectivity index (χ3v) is 5.18. The standard InChI is InChI=1S/C23H38N2O3/c1-8-9-12-20-13-10-11-14-21(20)28-17(4)15-24-22(16(2)3)23(27)25(7)18(5)19(6)26/h10-11,13-14,16-18,22,24H,8-9,12,15H2,1-7H3/t17-,18-,22+/m1/s1. The molecule has 0 fully saturated rings. The van der Waals surface area contributed by atoms with Crippen LogP contribution in [0.25, 0.3) is 0 Å². The summed E-state index contributed by atoms with van der Waals surface area (Å²) in [5.41, 5.74) is 1.22. The van der Waals surface area contributed by atoms with E-state index in [1.54, 1.807) is 14.0 Å². The molecule has 3 atom stereocenters. The maximum Gasteiger partial charge on any atom is 0.240 e. The molecular weight excluding hydrogens is 352 g/mol. The van der Waals surface area contributed by atoms with Crippen LogP contribution in [0.5, 0.6) is 5.75 Å². The lowest BCUT2D eigenvalue weighted by Crippen LogP contribution is -2.53. The van der Waals surface area contributed by atoms with Crippen molar-refractivity contribution in [1.82, 2.24) is 10.2 Å². The van der Waals surface area contributed by atoms with E-state index in [-0.39, 0.29) is 29.8 Å². The molecule has 0 bridgehead atoms. The quantitative estimate of drug-likeness (QED) is 0.589. The van der Waals surface area contributed by atoms with Gasteiger partial charge in [-0.25, -0.2) is 0 Å². The first kappa shape index (κ1) is 24.2. The van der Waals surface area contributed by atoms with E-state index in [1.807, 2.05) is 39.0 Å². The lowest BCUT2D eigenvalue weighted by Gasteiger charge is -2.31. The normalized spacial score (nSPS) is 14.4. The number of benzene rings is 1. The Morgan fingerprint density at radius 2 is 1.79 bits per heavy atom. The molecule has 0 saturated carbocycles. The van der Waals surface area contributed by atoms with Crippen LogP contribution in [-0.2, 0) is 16.0 Å². The van der Waals surface area contributed by atoms with Crippen LogP contribution in [0.3, 0.4) is 0 Å². The Labute approximate surface area is 170 Å². The highest BCUT2D eigenvalue weighted by molar-refractivity contribution is 5.89. The van der Waals surface area contributed by atoms with E-state index in [4.69, 9.17) is 4.74 Å². The lowest BCUT2D eigenvalue weighted by atomic mass is 10.0. The Morgan fingerprint density at radius 1 is 1.14 bits per heavy atom. The third kappa shape index (κ3) is 7.27. The summed E-state index contributed by atoms with van der Waals surface area (Å²) in [4.78, 5) is 26.0. The number of Topliss-reactive ketones (excluding diaryl/α,β-unsaturated/α-hetero) is 1. The van der Waals surface area contributed by atoms with Crippen LogP contribution >= 0.6 is 0 Å². The fourth-order valence-corrected chi connectivity index (χ4v) is 3.04. The predicted octanol–water partition coefficient (Wildman–Crippen LogP) is 3.85. The van der Waals surface area contributed by atoms with Gasteiger partial charge in [-0.15, -0.1) is 0 Å². The van der Waals surface area contributed by atoms with Crippen LogP contribution in [0, 0.1) is 5.92 Å². The van der Waals surface area contributed by atoms with Gasteiger partial charge in [0.25, 0.3) is 0 Å². The molecule has 1 aromatic carbocycles. The Balaban J connectivity index is 2.71. The van der Waals surface area contributed by atoms with Crippen LogP contribution in [0.1, 0.15) is 59.9 Å². The molecular formula is C23H38N2O3.